The smallest absolute Gasteiger partial charge is 0.237 e. The zero-order chi connectivity index (χ0) is 16.8. The Morgan fingerprint density at radius 3 is 2.43 bits per heavy atom. The fourth-order valence-electron chi connectivity index (χ4n) is 2.02. The van der Waals surface area contributed by atoms with Crippen LogP contribution in [0, 0.1) is 0 Å². The zero-order valence-electron chi connectivity index (χ0n) is 13.7. The number of aromatic nitrogens is 2. The van der Waals surface area contributed by atoms with Crippen LogP contribution in [0.4, 0.5) is 5.69 Å². The molecule has 0 saturated heterocycles. The first-order valence-electron chi connectivity index (χ1n) is 7.25. The molecule has 0 radical (unpaired) electrons. The Morgan fingerprint density at radius 2 is 1.96 bits per heavy atom. The van der Waals surface area contributed by atoms with Crippen molar-refractivity contribution in [2.24, 2.45) is 7.05 Å². The second kappa shape index (κ2) is 7.92. The third-order valence-corrected chi connectivity index (χ3v) is 4.74. The Morgan fingerprint density at radius 1 is 1.30 bits per heavy atom. The number of amides is 1. The SMILES string of the molecule is CCC(Sc1nccn1C)C(=O)Nc1cc(OC)cc(OC)c1. The van der Waals surface area contributed by atoms with E-state index in [1.807, 2.05) is 24.7 Å². The highest BCUT2D eigenvalue weighted by molar-refractivity contribution is 8.00. The van der Waals surface area contributed by atoms with Gasteiger partial charge in [-0.3, -0.25) is 4.79 Å². The number of hydrogen-bond donors (Lipinski definition) is 1. The number of carbonyl (C=O) groups is 1. The number of anilines is 1. The number of hydrogen-bond acceptors (Lipinski definition) is 5. The van der Waals surface area contributed by atoms with Gasteiger partial charge in [0.2, 0.25) is 5.91 Å². The minimum Gasteiger partial charge on any atom is -0.497 e. The predicted molar refractivity (Wildman–Crippen MR) is 91.3 cm³/mol. The van der Waals surface area contributed by atoms with E-state index < -0.39 is 0 Å². The lowest BCUT2D eigenvalue weighted by Gasteiger charge is -2.15. The molecule has 124 valence electrons. The van der Waals surface area contributed by atoms with E-state index in [4.69, 9.17) is 9.47 Å². The van der Waals surface area contributed by atoms with Crippen LogP contribution in [0.25, 0.3) is 0 Å². The Hall–Kier alpha value is -2.15. The number of thioether (sulfide) groups is 1. The summed E-state index contributed by atoms with van der Waals surface area (Å²) in [6, 6.07) is 5.28. The summed E-state index contributed by atoms with van der Waals surface area (Å²) in [5.74, 6) is 1.18. The third-order valence-electron chi connectivity index (χ3n) is 3.31. The number of imidazole rings is 1. The van der Waals surface area contributed by atoms with Crippen molar-refractivity contribution in [2.45, 2.75) is 23.8 Å². The number of benzene rings is 1. The van der Waals surface area contributed by atoms with Gasteiger partial charge in [0.1, 0.15) is 11.5 Å². The number of nitrogens with one attached hydrogen (secondary N) is 1. The zero-order valence-corrected chi connectivity index (χ0v) is 14.5. The quantitative estimate of drug-likeness (QED) is 0.788. The molecule has 2 aromatic rings. The van der Waals surface area contributed by atoms with Crippen molar-refractivity contribution in [2.75, 3.05) is 19.5 Å². The molecule has 1 atom stereocenters. The normalized spacial score (nSPS) is 11.8. The molecule has 1 aromatic heterocycles. The first-order valence-corrected chi connectivity index (χ1v) is 8.13. The van der Waals surface area contributed by atoms with E-state index in [1.165, 1.54) is 11.8 Å². The summed E-state index contributed by atoms with van der Waals surface area (Å²) in [7, 11) is 5.06. The number of methoxy groups -OCH3 is 2. The summed E-state index contributed by atoms with van der Waals surface area (Å²) >= 11 is 1.45. The lowest BCUT2D eigenvalue weighted by molar-refractivity contribution is -0.115. The van der Waals surface area contributed by atoms with E-state index in [-0.39, 0.29) is 11.2 Å². The van der Waals surface area contributed by atoms with Crippen molar-refractivity contribution in [3.63, 3.8) is 0 Å². The van der Waals surface area contributed by atoms with E-state index in [9.17, 15) is 4.79 Å². The van der Waals surface area contributed by atoms with Gasteiger partial charge in [-0.1, -0.05) is 18.7 Å². The number of rotatable bonds is 7. The van der Waals surface area contributed by atoms with Crippen molar-refractivity contribution in [3.05, 3.63) is 30.6 Å². The molecule has 23 heavy (non-hydrogen) atoms. The topological polar surface area (TPSA) is 65.4 Å². The predicted octanol–water partition coefficient (Wildman–Crippen LogP) is 2.95. The average molecular weight is 335 g/mol. The summed E-state index contributed by atoms with van der Waals surface area (Å²) in [6.45, 7) is 1.98. The molecule has 0 aliphatic carbocycles. The lowest BCUT2D eigenvalue weighted by atomic mass is 10.2. The van der Waals surface area contributed by atoms with Gasteiger partial charge >= 0.3 is 0 Å². The molecule has 6 nitrogen and oxygen atoms in total. The van der Waals surface area contributed by atoms with Crippen molar-refractivity contribution in [3.8, 4) is 11.5 Å². The van der Waals surface area contributed by atoms with Gasteiger partial charge in [0.05, 0.1) is 19.5 Å². The minimum absolute atomic E-state index is 0.0733. The van der Waals surface area contributed by atoms with Gasteiger partial charge in [0.15, 0.2) is 5.16 Å². The van der Waals surface area contributed by atoms with Gasteiger partial charge in [0, 0.05) is 43.3 Å². The van der Waals surface area contributed by atoms with E-state index >= 15 is 0 Å². The van der Waals surface area contributed by atoms with Crippen LogP contribution in [0.15, 0.2) is 35.7 Å². The molecular weight excluding hydrogens is 314 g/mol. The second-order valence-electron chi connectivity index (χ2n) is 4.93. The maximum absolute atomic E-state index is 12.5. The van der Waals surface area contributed by atoms with Crippen LogP contribution in [0.1, 0.15) is 13.3 Å². The highest BCUT2D eigenvalue weighted by Crippen LogP contribution is 2.28. The standard InChI is InChI=1S/C16H21N3O3S/c1-5-14(23-16-17-6-7-19(16)2)15(20)18-11-8-12(21-3)10-13(9-11)22-4/h6-10,14H,5H2,1-4H3,(H,18,20). The van der Waals surface area contributed by atoms with Crippen LogP contribution in [0.2, 0.25) is 0 Å². The molecule has 0 fully saturated rings. The molecule has 0 aliphatic rings. The van der Waals surface area contributed by atoms with Gasteiger partial charge in [-0.05, 0) is 6.42 Å². The molecule has 2 rings (SSSR count). The molecule has 1 heterocycles. The van der Waals surface area contributed by atoms with Gasteiger partial charge in [0.25, 0.3) is 0 Å². The van der Waals surface area contributed by atoms with Gasteiger partial charge in [-0.15, -0.1) is 0 Å². The van der Waals surface area contributed by atoms with Crippen molar-refractivity contribution < 1.29 is 14.3 Å². The number of carbonyl (C=O) groups excluding carboxylic acids is 1. The maximum Gasteiger partial charge on any atom is 0.237 e. The van der Waals surface area contributed by atoms with Crippen LogP contribution in [-0.2, 0) is 11.8 Å². The Labute approximate surface area is 140 Å². The summed E-state index contributed by atoms with van der Waals surface area (Å²) in [6.07, 6.45) is 4.28. The second-order valence-corrected chi connectivity index (χ2v) is 6.10. The molecule has 1 unspecified atom stereocenters. The number of nitrogens with zero attached hydrogens (tertiary/aromatic N) is 2. The maximum atomic E-state index is 12.5. The molecular formula is C16H21N3O3S. The van der Waals surface area contributed by atoms with Crippen LogP contribution in [0.5, 0.6) is 11.5 Å². The van der Waals surface area contributed by atoms with Crippen LogP contribution in [-0.4, -0.2) is 34.9 Å². The summed E-state index contributed by atoms with van der Waals surface area (Å²) in [5, 5.41) is 3.50. The van der Waals surface area contributed by atoms with Gasteiger partial charge < -0.3 is 19.4 Å². The Kier molecular flexibility index (Phi) is 5.92. The fraction of sp³-hybridized carbons (Fsp3) is 0.375. The lowest BCUT2D eigenvalue weighted by Crippen LogP contribution is -2.25. The molecule has 1 amide bonds. The Bertz CT molecular complexity index is 650. The molecule has 0 aliphatic heterocycles. The summed E-state index contributed by atoms with van der Waals surface area (Å²) < 4.78 is 12.3. The van der Waals surface area contributed by atoms with E-state index in [0.29, 0.717) is 23.6 Å². The molecule has 1 aromatic carbocycles. The van der Waals surface area contributed by atoms with Gasteiger partial charge in [-0.25, -0.2) is 4.98 Å². The highest BCUT2D eigenvalue weighted by atomic mass is 32.2. The molecule has 1 N–H and O–H groups in total. The van der Waals surface area contributed by atoms with Crippen LogP contribution in [0.3, 0.4) is 0 Å². The number of ether oxygens (including phenoxy) is 2. The minimum atomic E-state index is -0.228. The first kappa shape index (κ1) is 17.2. The van der Waals surface area contributed by atoms with E-state index in [0.717, 1.165) is 5.16 Å². The third kappa shape index (κ3) is 4.41. The molecule has 0 saturated carbocycles. The Balaban J connectivity index is 2.11. The van der Waals surface area contributed by atoms with Crippen LogP contribution >= 0.6 is 11.8 Å². The van der Waals surface area contributed by atoms with E-state index in [1.54, 1.807) is 38.6 Å². The summed E-state index contributed by atoms with van der Waals surface area (Å²) in [4.78, 5) is 16.8. The summed E-state index contributed by atoms with van der Waals surface area (Å²) in [5.41, 5.74) is 0.644. The van der Waals surface area contributed by atoms with Crippen LogP contribution < -0.4 is 14.8 Å². The largest absolute Gasteiger partial charge is 0.497 e. The number of aryl methyl sites for hydroxylation is 1. The van der Waals surface area contributed by atoms with Crippen molar-refractivity contribution >= 4 is 23.4 Å². The van der Waals surface area contributed by atoms with E-state index in [2.05, 4.69) is 10.3 Å². The highest BCUT2D eigenvalue weighted by Gasteiger charge is 2.20. The van der Waals surface area contributed by atoms with Crippen molar-refractivity contribution in [1.29, 1.82) is 0 Å². The molecule has 7 heteroatoms. The monoisotopic (exact) mass is 335 g/mol. The van der Waals surface area contributed by atoms with Crippen molar-refractivity contribution in [1.82, 2.24) is 9.55 Å². The fourth-order valence-corrected chi connectivity index (χ4v) is 2.95. The molecule has 0 bridgehead atoms. The van der Waals surface area contributed by atoms with Gasteiger partial charge in [-0.2, -0.15) is 0 Å². The first-order chi connectivity index (χ1) is 11.1. The molecule has 0 spiro atoms. The average Bonchev–Trinajstić information content (AvgIpc) is 2.96.